The predicted octanol–water partition coefficient (Wildman–Crippen LogP) is 4.87. The van der Waals surface area contributed by atoms with Crippen molar-refractivity contribution in [2.24, 2.45) is 0 Å². The van der Waals surface area contributed by atoms with E-state index in [4.69, 9.17) is 11.6 Å². The molecule has 2 aromatic heterocycles. The van der Waals surface area contributed by atoms with Crippen molar-refractivity contribution >= 4 is 34.6 Å². The van der Waals surface area contributed by atoms with Crippen LogP contribution in [0.4, 0.5) is 11.6 Å². The third kappa shape index (κ3) is 3.26. The maximum atomic E-state index is 5.89. The molecule has 0 saturated heterocycles. The Hall–Kier alpha value is -1.98. The van der Waals surface area contributed by atoms with Crippen LogP contribution in [-0.2, 0) is 6.42 Å². The molecule has 1 aromatic carbocycles. The van der Waals surface area contributed by atoms with Crippen molar-refractivity contribution in [3.8, 4) is 10.6 Å². The molecule has 0 unspecified atom stereocenters. The minimum Gasteiger partial charge on any atom is -0.324 e. The number of thiazole rings is 1. The fourth-order valence-electron chi connectivity index (χ4n) is 2.05. The summed E-state index contributed by atoms with van der Waals surface area (Å²) in [5.74, 6) is 0.561. The lowest BCUT2D eigenvalue weighted by atomic mass is 10.3. The fraction of sp³-hybridized carbons (Fsp3) is 0.188. The second kappa shape index (κ2) is 6.42. The van der Waals surface area contributed by atoms with E-state index in [2.05, 4.69) is 27.2 Å². The largest absolute Gasteiger partial charge is 0.324 e. The van der Waals surface area contributed by atoms with Crippen molar-refractivity contribution < 1.29 is 0 Å². The quantitative estimate of drug-likeness (QED) is 0.741. The highest BCUT2D eigenvalue weighted by molar-refractivity contribution is 7.15. The smallest absolute Gasteiger partial charge is 0.227 e. The van der Waals surface area contributed by atoms with E-state index in [0.717, 1.165) is 33.4 Å². The van der Waals surface area contributed by atoms with Crippen LogP contribution in [0.5, 0.6) is 0 Å². The molecule has 0 bridgehead atoms. The molecule has 0 amide bonds. The van der Waals surface area contributed by atoms with Crippen molar-refractivity contribution in [1.82, 2.24) is 15.0 Å². The van der Waals surface area contributed by atoms with Gasteiger partial charge in [0.25, 0.3) is 0 Å². The number of benzene rings is 1. The summed E-state index contributed by atoms with van der Waals surface area (Å²) >= 11 is 7.57. The van der Waals surface area contributed by atoms with Gasteiger partial charge in [0.1, 0.15) is 0 Å². The topological polar surface area (TPSA) is 50.7 Å². The summed E-state index contributed by atoms with van der Waals surface area (Å²) in [4.78, 5) is 14.5. The molecular formula is C16H15ClN4S. The van der Waals surface area contributed by atoms with Gasteiger partial charge in [0.15, 0.2) is 0 Å². The molecule has 0 aliphatic carbocycles. The highest BCUT2D eigenvalue weighted by Crippen LogP contribution is 2.29. The molecule has 22 heavy (non-hydrogen) atoms. The van der Waals surface area contributed by atoms with Gasteiger partial charge in [-0.25, -0.2) is 15.0 Å². The SMILES string of the molecule is CCc1nc(C)c(-c2ccnc(Nc3ccc(Cl)cc3)n2)s1. The first kappa shape index (κ1) is 14.9. The zero-order valence-electron chi connectivity index (χ0n) is 12.3. The summed E-state index contributed by atoms with van der Waals surface area (Å²) in [7, 11) is 0. The van der Waals surface area contributed by atoms with Crippen molar-refractivity contribution in [2.45, 2.75) is 20.3 Å². The summed E-state index contributed by atoms with van der Waals surface area (Å²) in [6.07, 6.45) is 2.69. The molecule has 0 aliphatic heterocycles. The molecule has 6 heteroatoms. The van der Waals surface area contributed by atoms with Crippen molar-refractivity contribution in [2.75, 3.05) is 5.32 Å². The number of aromatic nitrogens is 3. The van der Waals surface area contributed by atoms with Gasteiger partial charge in [0, 0.05) is 16.9 Å². The van der Waals surface area contributed by atoms with Crippen LogP contribution in [-0.4, -0.2) is 15.0 Å². The Morgan fingerprint density at radius 3 is 2.59 bits per heavy atom. The van der Waals surface area contributed by atoms with E-state index in [1.807, 2.05) is 37.3 Å². The molecule has 0 spiro atoms. The Labute approximate surface area is 138 Å². The van der Waals surface area contributed by atoms with E-state index in [9.17, 15) is 0 Å². The summed E-state index contributed by atoms with van der Waals surface area (Å²) in [5.41, 5.74) is 2.80. The molecule has 3 aromatic rings. The molecule has 1 N–H and O–H groups in total. The minimum atomic E-state index is 0.561. The van der Waals surface area contributed by atoms with Gasteiger partial charge >= 0.3 is 0 Å². The Bertz CT molecular complexity index is 783. The van der Waals surface area contributed by atoms with Gasteiger partial charge in [-0.05, 0) is 43.7 Å². The van der Waals surface area contributed by atoms with Gasteiger partial charge in [-0.15, -0.1) is 11.3 Å². The van der Waals surface area contributed by atoms with Crippen LogP contribution in [0.2, 0.25) is 5.02 Å². The lowest BCUT2D eigenvalue weighted by Gasteiger charge is -2.06. The molecule has 3 rings (SSSR count). The molecule has 2 heterocycles. The highest BCUT2D eigenvalue weighted by Gasteiger charge is 2.11. The van der Waals surface area contributed by atoms with Crippen LogP contribution in [0.1, 0.15) is 17.6 Å². The van der Waals surface area contributed by atoms with E-state index in [0.29, 0.717) is 11.0 Å². The second-order valence-electron chi connectivity index (χ2n) is 4.77. The third-order valence-corrected chi connectivity index (χ3v) is 4.71. The van der Waals surface area contributed by atoms with Gasteiger partial charge < -0.3 is 5.32 Å². The van der Waals surface area contributed by atoms with Crippen LogP contribution in [0.25, 0.3) is 10.6 Å². The summed E-state index contributed by atoms with van der Waals surface area (Å²) in [6, 6.07) is 9.35. The first-order valence-corrected chi connectivity index (χ1v) is 8.17. The predicted molar refractivity (Wildman–Crippen MR) is 92.0 cm³/mol. The Morgan fingerprint density at radius 1 is 1.14 bits per heavy atom. The highest BCUT2D eigenvalue weighted by atomic mass is 35.5. The first-order chi connectivity index (χ1) is 10.7. The molecule has 0 atom stereocenters. The van der Waals surface area contributed by atoms with Crippen LogP contribution in [0.3, 0.4) is 0 Å². The van der Waals surface area contributed by atoms with Crippen LogP contribution in [0.15, 0.2) is 36.5 Å². The number of hydrogen-bond acceptors (Lipinski definition) is 5. The Morgan fingerprint density at radius 2 is 1.91 bits per heavy atom. The van der Waals surface area contributed by atoms with Gasteiger partial charge in [0.2, 0.25) is 5.95 Å². The number of halogens is 1. The third-order valence-electron chi connectivity index (χ3n) is 3.13. The van der Waals surface area contributed by atoms with Crippen molar-refractivity contribution in [3.63, 3.8) is 0 Å². The molecule has 0 fully saturated rings. The van der Waals surface area contributed by atoms with E-state index in [1.165, 1.54) is 0 Å². The van der Waals surface area contributed by atoms with Crippen molar-refractivity contribution in [3.05, 3.63) is 52.3 Å². The molecule has 4 nitrogen and oxygen atoms in total. The number of nitrogens with zero attached hydrogens (tertiary/aromatic N) is 3. The fourth-order valence-corrected chi connectivity index (χ4v) is 3.15. The molecule has 0 saturated carbocycles. The van der Waals surface area contributed by atoms with E-state index in [1.54, 1.807) is 17.5 Å². The second-order valence-corrected chi connectivity index (χ2v) is 6.29. The van der Waals surface area contributed by atoms with Gasteiger partial charge in [-0.2, -0.15) is 0 Å². The number of nitrogens with one attached hydrogen (secondary N) is 1. The monoisotopic (exact) mass is 330 g/mol. The van der Waals surface area contributed by atoms with Crippen LogP contribution in [0, 0.1) is 6.92 Å². The van der Waals surface area contributed by atoms with E-state index >= 15 is 0 Å². The summed E-state index contributed by atoms with van der Waals surface area (Å²) < 4.78 is 0. The normalized spacial score (nSPS) is 10.7. The minimum absolute atomic E-state index is 0.561. The Balaban J connectivity index is 1.88. The number of aryl methyl sites for hydroxylation is 2. The molecule has 0 aliphatic rings. The zero-order chi connectivity index (χ0) is 15.5. The van der Waals surface area contributed by atoms with Crippen LogP contribution < -0.4 is 5.32 Å². The molecular weight excluding hydrogens is 316 g/mol. The number of hydrogen-bond donors (Lipinski definition) is 1. The van der Waals surface area contributed by atoms with Gasteiger partial charge in [0.05, 0.1) is 21.3 Å². The standard InChI is InChI=1S/C16H15ClN4S/c1-3-14-19-10(2)15(22-14)13-8-9-18-16(21-13)20-12-6-4-11(17)5-7-12/h4-9H,3H2,1-2H3,(H,18,20,21). The molecule has 112 valence electrons. The maximum absolute atomic E-state index is 5.89. The number of rotatable bonds is 4. The van der Waals surface area contributed by atoms with Crippen molar-refractivity contribution in [1.29, 1.82) is 0 Å². The summed E-state index contributed by atoms with van der Waals surface area (Å²) in [5, 5.41) is 5.01. The lowest BCUT2D eigenvalue weighted by molar-refractivity contribution is 1.07. The van der Waals surface area contributed by atoms with Gasteiger partial charge in [-0.3, -0.25) is 0 Å². The lowest BCUT2D eigenvalue weighted by Crippen LogP contribution is -1.97. The van der Waals surface area contributed by atoms with E-state index < -0.39 is 0 Å². The van der Waals surface area contributed by atoms with Gasteiger partial charge in [-0.1, -0.05) is 18.5 Å². The average Bonchev–Trinajstić information content (AvgIpc) is 2.91. The maximum Gasteiger partial charge on any atom is 0.227 e. The van der Waals surface area contributed by atoms with Crippen LogP contribution >= 0.6 is 22.9 Å². The molecule has 0 radical (unpaired) electrons. The number of anilines is 2. The first-order valence-electron chi connectivity index (χ1n) is 6.98. The van der Waals surface area contributed by atoms with E-state index in [-0.39, 0.29) is 0 Å². The average molecular weight is 331 g/mol. The Kier molecular flexibility index (Phi) is 4.36. The zero-order valence-corrected chi connectivity index (χ0v) is 13.9. The summed E-state index contributed by atoms with van der Waals surface area (Å²) in [6.45, 7) is 4.12.